The van der Waals surface area contributed by atoms with Crippen molar-refractivity contribution >= 4 is 17.8 Å². The molecule has 0 spiro atoms. The molecule has 5 aliphatic rings. The molecule has 4 saturated carbocycles. The van der Waals surface area contributed by atoms with Crippen LogP contribution in [-0.4, -0.2) is 46.5 Å². The van der Waals surface area contributed by atoms with Crippen molar-refractivity contribution in [2.24, 2.45) is 17.3 Å². The third-order valence-electron chi connectivity index (χ3n) is 7.13. The first-order chi connectivity index (χ1) is 13.4. The summed E-state index contributed by atoms with van der Waals surface area (Å²) in [6.07, 6.45) is 5.95. The molecular weight excluding hydrogens is 358 g/mol. The molecule has 2 amide bonds. The number of aliphatic hydroxyl groups is 1. The van der Waals surface area contributed by atoms with Crippen molar-refractivity contribution in [3.05, 3.63) is 35.4 Å². The molecule has 1 N–H and O–H groups in total. The number of ether oxygens (including phenoxy) is 1. The van der Waals surface area contributed by atoms with Crippen LogP contribution in [0.25, 0.3) is 0 Å². The lowest BCUT2D eigenvalue weighted by Gasteiger charge is -2.60. The second kappa shape index (κ2) is 6.14. The highest BCUT2D eigenvalue weighted by molar-refractivity contribution is 6.21. The van der Waals surface area contributed by atoms with Crippen LogP contribution < -0.4 is 0 Å². The van der Waals surface area contributed by atoms with Crippen LogP contribution in [0.5, 0.6) is 0 Å². The predicted molar refractivity (Wildman–Crippen MR) is 99.4 cm³/mol. The van der Waals surface area contributed by atoms with Gasteiger partial charge in [0.15, 0.2) is 0 Å². The van der Waals surface area contributed by atoms with E-state index in [-0.39, 0.29) is 36.4 Å². The predicted octanol–water partition coefficient (Wildman–Crippen LogP) is 2.55. The van der Waals surface area contributed by atoms with Gasteiger partial charge in [0, 0.05) is 0 Å². The van der Waals surface area contributed by atoms with E-state index in [0.717, 1.165) is 30.6 Å². The molecule has 4 bridgehead atoms. The smallest absolute Gasteiger partial charge is 0.306 e. The summed E-state index contributed by atoms with van der Waals surface area (Å²) in [7, 11) is 0. The number of amides is 2. The van der Waals surface area contributed by atoms with E-state index in [0.29, 0.717) is 35.8 Å². The van der Waals surface area contributed by atoms with Crippen LogP contribution in [0.2, 0.25) is 0 Å². The first-order valence-corrected chi connectivity index (χ1v) is 10.2. The fourth-order valence-corrected chi connectivity index (χ4v) is 6.66. The topological polar surface area (TPSA) is 83.9 Å². The zero-order valence-electron chi connectivity index (χ0n) is 15.9. The van der Waals surface area contributed by atoms with E-state index in [4.69, 9.17) is 4.74 Å². The quantitative estimate of drug-likeness (QED) is 0.624. The summed E-state index contributed by atoms with van der Waals surface area (Å²) >= 11 is 0. The Kier molecular flexibility index (Phi) is 3.92. The first kappa shape index (κ1) is 17.9. The Hall–Kier alpha value is -2.21. The minimum absolute atomic E-state index is 0.0114. The van der Waals surface area contributed by atoms with Gasteiger partial charge in [0.1, 0.15) is 6.61 Å². The molecule has 4 atom stereocenters. The summed E-state index contributed by atoms with van der Waals surface area (Å²) in [5.74, 6) is 0.0943. The number of nitrogens with zero attached hydrogens (tertiary/aromatic N) is 1. The van der Waals surface area contributed by atoms with Crippen molar-refractivity contribution in [2.75, 3.05) is 13.2 Å². The standard InChI is InChI=1S/C22H25NO5/c24-18(12-21-8-14-7-15(9-21)11-22(27,10-14)13-21)28-6-5-23-19(25)16-3-1-2-4-17(16)20(23)26/h1-4,14-15,27H,5-13H2/t14-,15+,21?,22?. The fraction of sp³-hybridized carbons (Fsp3) is 0.591. The van der Waals surface area contributed by atoms with Crippen LogP contribution in [0.15, 0.2) is 24.3 Å². The number of carbonyl (C=O) groups is 3. The Balaban J connectivity index is 1.17. The van der Waals surface area contributed by atoms with Crippen LogP contribution in [0, 0.1) is 17.3 Å². The average Bonchev–Trinajstić information content (AvgIpc) is 2.84. The van der Waals surface area contributed by atoms with Gasteiger partial charge in [-0.1, -0.05) is 12.1 Å². The molecular formula is C22H25NO5. The molecule has 0 radical (unpaired) electrons. The SMILES string of the molecule is O=C(CC12C[C@@H]3C[C@@H](CC(O)(C3)C1)C2)OCCN1C(=O)c2ccccc2C1=O. The number of hydrogen-bond donors (Lipinski definition) is 1. The van der Waals surface area contributed by atoms with Crippen molar-refractivity contribution in [3.8, 4) is 0 Å². The number of carbonyl (C=O) groups excluding carboxylic acids is 3. The van der Waals surface area contributed by atoms with E-state index in [1.807, 2.05) is 0 Å². The van der Waals surface area contributed by atoms with E-state index in [9.17, 15) is 19.5 Å². The lowest BCUT2D eigenvalue weighted by molar-refractivity contribution is -0.176. The molecule has 148 valence electrons. The maximum Gasteiger partial charge on any atom is 0.306 e. The number of esters is 1. The van der Waals surface area contributed by atoms with Crippen LogP contribution in [0.4, 0.5) is 0 Å². The lowest BCUT2D eigenvalue weighted by atomic mass is 9.47. The monoisotopic (exact) mass is 383 g/mol. The first-order valence-electron chi connectivity index (χ1n) is 10.2. The van der Waals surface area contributed by atoms with Gasteiger partial charge in [0.25, 0.3) is 11.8 Å². The van der Waals surface area contributed by atoms with Crippen molar-refractivity contribution in [1.82, 2.24) is 4.90 Å². The van der Waals surface area contributed by atoms with Gasteiger partial charge in [-0.05, 0) is 67.9 Å². The summed E-state index contributed by atoms with van der Waals surface area (Å²) in [4.78, 5) is 38.3. The van der Waals surface area contributed by atoms with Gasteiger partial charge in [-0.2, -0.15) is 0 Å². The number of benzene rings is 1. The molecule has 1 aromatic rings. The fourth-order valence-electron chi connectivity index (χ4n) is 6.66. The normalized spacial score (nSPS) is 35.4. The summed E-state index contributed by atoms with van der Waals surface area (Å²) in [6, 6.07) is 6.73. The Bertz CT molecular complexity index is 813. The van der Waals surface area contributed by atoms with E-state index < -0.39 is 5.60 Å². The van der Waals surface area contributed by atoms with Crippen LogP contribution in [0.1, 0.15) is 65.7 Å². The van der Waals surface area contributed by atoms with Crippen molar-refractivity contribution in [2.45, 2.75) is 50.5 Å². The molecule has 28 heavy (non-hydrogen) atoms. The van der Waals surface area contributed by atoms with Crippen LogP contribution in [-0.2, 0) is 9.53 Å². The van der Waals surface area contributed by atoms with E-state index in [1.165, 1.54) is 6.42 Å². The molecule has 1 aliphatic heterocycles. The average molecular weight is 383 g/mol. The van der Waals surface area contributed by atoms with Gasteiger partial charge >= 0.3 is 5.97 Å². The number of fused-ring (bicyclic) bond motifs is 1. The molecule has 6 nitrogen and oxygen atoms in total. The third-order valence-corrected chi connectivity index (χ3v) is 7.13. The van der Waals surface area contributed by atoms with E-state index >= 15 is 0 Å². The highest BCUT2D eigenvalue weighted by Crippen LogP contribution is 2.62. The molecule has 1 aromatic carbocycles. The second-order valence-electron chi connectivity index (χ2n) is 9.39. The van der Waals surface area contributed by atoms with Crippen molar-refractivity contribution < 1.29 is 24.2 Å². The van der Waals surface area contributed by atoms with Crippen molar-refractivity contribution in [1.29, 1.82) is 0 Å². The van der Waals surface area contributed by atoms with E-state index in [2.05, 4.69) is 0 Å². The Morgan fingerprint density at radius 1 is 1.07 bits per heavy atom. The highest BCUT2D eigenvalue weighted by atomic mass is 16.5. The highest BCUT2D eigenvalue weighted by Gasteiger charge is 2.57. The Morgan fingerprint density at radius 2 is 1.68 bits per heavy atom. The minimum Gasteiger partial charge on any atom is -0.464 e. The molecule has 4 fully saturated rings. The molecule has 6 heteroatoms. The number of hydrogen-bond acceptors (Lipinski definition) is 5. The van der Waals surface area contributed by atoms with Gasteiger partial charge in [0.2, 0.25) is 0 Å². The summed E-state index contributed by atoms with van der Waals surface area (Å²) in [6.45, 7) is 0.0811. The Morgan fingerprint density at radius 3 is 2.25 bits per heavy atom. The maximum absolute atomic E-state index is 12.5. The lowest BCUT2D eigenvalue weighted by Crippen LogP contribution is -2.56. The van der Waals surface area contributed by atoms with Crippen LogP contribution >= 0.6 is 0 Å². The number of rotatable bonds is 5. The van der Waals surface area contributed by atoms with Gasteiger partial charge in [-0.15, -0.1) is 0 Å². The molecule has 0 saturated heterocycles. The molecule has 4 aliphatic carbocycles. The molecule has 1 heterocycles. The largest absolute Gasteiger partial charge is 0.464 e. The van der Waals surface area contributed by atoms with Gasteiger partial charge in [-0.25, -0.2) is 0 Å². The van der Waals surface area contributed by atoms with Crippen molar-refractivity contribution in [3.63, 3.8) is 0 Å². The van der Waals surface area contributed by atoms with Gasteiger partial charge in [0.05, 0.1) is 29.7 Å². The van der Waals surface area contributed by atoms with Gasteiger partial charge < -0.3 is 9.84 Å². The minimum atomic E-state index is -0.593. The summed E-state index contributed by atoms with van der Waals surface area (Å²) in [5, 5.41) is 10.8. The van der Waals surface area contributed by atoms with Gasteiger partial charge in [-0.3, -0.25) is 19.3 Å². The number of imide groups is 1. The zero-order valence-corrected chi connectivity index (χ0v) is 15.9. The molecule has 0 aromatic heterocycles. The zero-order chi connectivity index (χ0) is 19.5. The van der Waals surface area contributed by atoms with Crippen LogP contribution in [0.3, 0.4) is 0 Å². The summed E-state index contributed by atoms with van der Waals surface area (Å²) in [5.41, 5.74) is 0.0805. The maximum atomic E-state index is 12.5. The molecule has 6 rings (SSSR count). The summed E-state index contributed by atoms with van der Waals surface area (Å²) < 4.78 is 5.40. The third kappa shape index (κ3) is 2.85. The Labute approximate surface area is 163 Å². The molecule has 2 unspecified atom stereocenters. The van der Waals surface area contributed by atoms with E-state index in [1.54, 1.807) is 24.3 Å². The second-order valence-corrected chi connectivity index (χ2v) is 9.39.